The second-order valence-electron chi connectivity index (χ2n) is 5.78. The van der Waals surface area contributed by atoms with E-state index in [9.17, 15) is 0 Å². The molecule has 2 unspecified atom stereocenters. The summed E-state index contributed by atoms with van der Waals surface area (Å²) in [6, 6.07) is 11.2. The number of pyridine rings is 1. The van der Waals surface area contributed by atoms with Gasteiger partial charge in [0, 0.05) is 23.9 Å². The maximum absolute atomic E-state index is 6.12. The molecule has 1 saturated carbocycles. The average Bonchev–Trinajstić information content (AvgIpc) is 3.08. The van der Waals surface area contributed by atoms with Crippen LogP contribution < -0.4 is 4.90 Å². The number of hydrogen-bond acceptors (Lipinski definition) is 2. The minimum atomic E-state index is 0.554. The summed E-state index contributed by atoms with van der Waals surface area (Å²) in [6.07, 6.45) is 4.08. The lowest BCUT2D eigenvalue weighted by molar-refractivity contribution is 0.551. The van der Waals surface area contributed by atoms with Gasteiger partial charge in [0.05, 0.1) is 5.52 Å². The molecule has 2 aromatic rings. The molecule has 0 radical (unpaired) electrons. The molecule has 0 N–H and O–H groups in total. The number of benzene rings is 1. The molecule has 19 heavy (non-hydrogen) atoms. The Bertz CT molecular complexity index is 625. The smallest absolute Gasteiger partial charge is 0.129 e. The van der Waals surface area contributed by atoms with Gasteiger partial charge in [-0.05, 0) is 42.9 Å². The molecule has 2 heterocycles. The van der Waals surface area contributed by atoms with Gasteiger partial charge in [-0.3, -0.25) is 0 Å². The third kappa shape index (κ3) is 1.81. The van der Waals surface area contributed by atoms with Gasteiger partial charge in [0.25, 0.3) is 0 Å². The summed E-state index contributed by atoms with van der Waals surface area (Å²) in [5.74, 6) is 2.57. The van der Waals surface area contributed by atoms with E-state index in [1.165, 1.54) is 36.8 Å². The summed E-state index contributed by atoms with van der Waals surface area (Å²) in [7, 11) is 0. The van der Waals surface area contributed by atoms with Crippen molar-refractivity contribution in [2.75, 3.05) is 11.4 Å². The van der Waals surface area contributed by atoms with E-state index in [-0.39, 0.29) is 0 Å². The van der Waals surface area contributed by atoms with Gasteiger partial charge in [0.1, 0.15) is 5.82 Å². The summed E-state index contributed by atoms with van der Waals surface area (Å²) >= 11 is 6.12. The molecule has 0 spiro atoms. The number of halogens is 1. The molecule has 2 fully saturated rings. The van der Waals surface area contributed by atoms with Crippen molar-refractivity contribution in [3.05, 3.63) is 35.9 Å². The molecule has 0 amide bonds. The number of para-hydroxylation sites is 1. The number of fused-ring (bicyclic) bond motifs is 3. The van der Waals surface area contributed by atoms with Crippen molar-refractivity contribution < 1.29 is 0 Å². The number of nitrogens with zero attached hydrogens (tertiary/aromatic N) is 2. The second kappa shape index (κ2) is 4.38. The molecule has 1 aromatic heterocycles. The van der Waals surface area contributed by atoms with Gasteiger partial charge < -0.3 is 4.90 Å². The van der Waals surface area contributed by atoms with Crippen LogP contribution in [-0.4, -0.2) is 17.6 Å². The second-order valence-corrected chi connectivity index (χ2v) is 6.04. The first kappa shape index (κ1) is 11.5. The third-order valence-corrected chi connectivity index (χ3v) is 4.92. The van der Waals surface area contributed by atoms with Crippen LogP contribution in [0.4, 0.5) is 5.82 Å². The summed E-state index contributed by atoms with van der Waals surface area (Å²) in [4.78, 5) is 7.35. The number of anilines is 1. The number of hydrogen-bond donors (Lipinski definition) is 0. The van der Waals surface area contributed by atoms with E-state index in [4.69, 9.17) is 16.6 Å². The Hall–Kier alpha value is -1.28. The lowest BCUT2D eigenvalue weighted by Crippen LogP contribution is -2.32. The maximum atomic E-state index is 6.12. The minimum absolute atomic E-state index is 0.554. The fraction of sp³-hybridized carbons (Fsp3) is 0.438. The molecule has 2 nitrogen and oxygen atoms in total. The third-order valence-electron chi connectivity index (χ3n) is 4.64. The molecule has 2 atom stereocenters. The molecule has 1 aliphatic heterocycles. The number of alkyl halides is 1. The lowest BCUT2D eigenvalue weighted by atomic mass is 10.1. The minimum Gasteiger partial charge on any atom is -0.353 e. The van der Waals surface area contributed by atoms with Crippen LogP contribution in [-0.2, 0) is 5.88 Å². The summed E-state index contributed by atoms with van der Waals surface area (Å²) in [5.41, 5.74) is 2.27. The number of aromatic nitrogens is 1. The first-order valence-corrected chi connectivity index (χ1v) is 7.60. The largest absolute Gasteiger partial charge is 0.353 e. The van der Waals surface area contributed by atoms with E-state index in [1.54, 1.807) is 0 Å². The summed E-state index contributed by atoms with van der Waals surface area (Å²) < 4.78 is 0. The highest BCUT2D eigenvalue weighted by Gasteiger charge is 2.38. The quantitative estimate of drug-likeness (QED) is 0.769. The van der Waals surface area contributed by atoms with Crippen LogP contribution >= 0.6 is 11.6 Å². The van der Waals surface area contributed by atoms with E-state index in [2.05, 4.69) is 29.2 Å². The molecule has 98 valence electrons. The number of piperidine rings is 1. The average molecular weight is 273 g/mol. The molecule has 1 aromatic carbocycles. The van der Waals surface area contributed by atoms with Crippen LogP contribution in [0.15, 0.2) is 30.3 Å². The molecular formula is C16H17ClN2. The van der Waals surface area contributed by atoms with Gasteiger partial charge in [0.2, 0.25) is 0 Å². The fourth-order valence-corrected chi connectivity index (χ4v) is 3.92. The van der Waals surface area contributed by atoms with Crippen LogP contribution in [0.2, 0.25) is 0 Å². The van der Waals surface area contributed by atoms with Crippen LogP contribution in [0.1, 0.15) is 24.8 Å². The Labute approximate surface area is 118 Å². The van der Waals surface area contributed by atoms with Crippen molar-refractivity contribution in [2.45, 2.75) is 31.2 Å². The van der Waals surface area contributed by atoms with Crippen molar-refractivity contribution in [1.82, 2.24) is 4.98 Å². The van der Waals surface area contributed by atoms with Crippen molar-refractivity contribution in [3.63, 3.8) is 0 Å². The van der Waals surface area contributed by atoms with Gasteiger partial charge in [-0.1, -0.05) is 18.2 Å². The molecular weight excluding hydrogens is 256 g/mol. The van der Waals surface area contributed by atoms with Crippen molar-refractivity contribution in [2.24, 2.45) is 5.92 Å². The molecule has 3 heteroatoms. The summed E-state index contributed by atoms with van der Waals surface area (Å²) in [6.45, 7) is 1.18. The van der Waals surface area contributed by atoms with E-state index < -0.39 is 0 Å². The maximum Gasteiger partial charge on any atom is 0.129 e. The van der Waals surface area contributed by atoms with E-state index in [0.717, 1.165) is 17.3 Å². The van der Waals surface area contributed by atoms with Gasteiger partial charge in [0.15, 0.2) is 0 Å². The highest BCUT2D eigenvalue weighted by atomic mass is 35.5. The highest BCUT2D eigenvalue weighted by Crippen LogP contribution is 2.40. The van der Waals surface area contributed by atoms with Gasteiger partial charge in [-0.25, -0.2) is 4.98 Å². The zero-order valence-electron chi connectivity index (χ0n) is 10.8. The standard InChI is InChI=1S/C16H17ClN2/c17-9-12-8-16(18-15-4-2-1-3-14(12)15)19-10-11-5-6-13(19)7-11/h1-4,8,11,13H,5-7,9-10H2. The van der Waals surface area contributed by atoms with Crippen molar-refractivity contribution >= 4 is 28.3 Å². The Morgan fingerprint density at radius 3 is 2.89 bits per heavy atom. The predicted molar refractivity (Wildman–Crippen MR) is 79.8 cm³/mol. The van der Waals surface area contributed by atoms with Crippen molar-refractivity contribution in [1.29, 1.82) is 0 Å². The van der Waals surface area contributed by atoms with Gasteiger partial charge in [-0.2, -0.15) is 0 Å². The molecule has 1 saturated heterocycles. The topological polar surface area (TPSA) is 16.1 Å². The highest BCUT2D eigenvalue weighted by molar-refractivity contribution is 6.18. The summed E-state index contributed by atoms with van der Waals surface area (Å²) in [5, 5.41) is 1.19. The Balaban J connectivity index is 1.82. The Morgan fingerprint density at radius 1 is 1.26 bits per heavy atom. The van der Waals surface area contributed by atoms with Crippen LogP contribution in [0.25, 0.3) is 10.9 Å². The van der Waals surface area contributed by atoms with Crippen LogP contribution in [0.5, 0.6) is 0 Å². The first-order chi connectivity index (χ1) is 9.35. The SMILES string of the molecule is ClCc1cc(N2CC3CCC2C3)nc2ccccc12. The molecule has 1 aliphatic carbocycles. The van der Waals surface area contributed by atoms with E-state index in [1.807, 2.05) is 6.07 Å². The lowest BCUT2D eigenvalue weighted by Gasteiger charge is -2.28. The Morgan fingerprint density at radius 2 is 2.16 bits per heavy atom. The number of rotatable bonds is 2. The van der Waals surface area contributed by atoms with Gasteiger partial charge >= 0.3 is 0 Å². The fourth-order valence-electron chi connectivity index (χ4n) is 3.69. The van der Waals surface area contributed by atoms with Gasteiger partial charge in [-0.15, -0.1) is 11.6 Å². The first-order valence-electron chi connectivity index (χ1n) is 7.06. The van der Waals surface area contributed by atoms with Crippen molar-refractivity contribution in [3.8, 4) is 0 Å². The molecule has 4 rings (SSSR count). The van der Waals surface area contributed by atoms with Crippen LogP contribution in [0.3, 0.4) is 0 Å². The van der Waals surface area contributed by atoms with Crippen LogP contribution in [0, 0.1) is 5.92 Å². The van der Waals surface area contributed by atoms with E-state index >= 15 is 0 Å². The predicted octanol–water partition coefficient (Wildman–Crippen LogP) is 3.96. The zero-order chi connectivity index (χ0) is 12.8. The van der Waals surface area contributed by atoms with E-state index in [0.29, 0.717) is 11.9 Å². The monoisotopic (exact) mass is 272 g/mol. The molecule has 2 aliphatic rings. The Kier molecular flexibility index (Phi) is 2.66. The zero-order valence-corrected chi connectivity index (χ0v) is 11.6. The molecule has 2 bridgehead atoms. The normalized spacial score (nSPS) is 25.4.